The summed E-state index contributed by atoms with van der Waals surface area (Å²) in [6.07, 6.45) is 2.18. The maximum Gasteiger partial charge on any atom is 0.313 e. The lowest BCUT2D eigenvalue weighted by Gasteiger charge is -2.30. The van der Waals surface area contributed by atoms with Crippen LogP contribution in [0.15, 0.2) is 36.4 Å². The van der Waals surface area contributed by atoms with Gasteiger partial charge in [-0.3, -0.25) is 9.59 Å². The van der Waals surface area contributed by atoms with E-state index in [9.17, 15) is 9.59 Å². The lowest BCUT2D eigenvalue weighted by Crippen LogP contribution is -2.40. The predicted molar refractivity (Wildman–Crippen MR) is 126 cm³/mol. The van der Waals surface area contributed by atoms with E-state index in [0.717, 1.165) is 24.9 Å². The number of fused-ring (bicyclic) bond motifs is 1. The van der Waals surface area contributed by atoms with Crippen molar-refractivity contribution in [1.29, 1.82) is 0 Å². The Morgan fingerprint density at radius 3 is 2.50 bits per heavy atom. The van der Waals surface area contributed by atoms with Crippen molar-refractivity contribution in [2.75, 3.05) is 58.7 Å². The molecule has 2 aromatic rings. The molecular formula is C24H32N4O4. The fourth-order valence-corrected chi connectivity index (χ4v) is 3.98. The Morgan fingerprint density at radius 2 is 1.81 bits per heavy atom. The first kappa shape index (κ1) is 23.4. The Balaban J connectivity index is 1.64. The number of nitrogens with zero attached hydrogens (tertiary/aromatic N) is 2. The van der Waals surface area contributed by atoms with Gasteiger partial charge < -0.3 is 29.9 Å². The van der Waals surface area contributed by atoms with Crippen molar-refractivity contribution in [2.45, 2.75) is 18.9 Å². The molecule has 0 saturated carbocycles. The van der Waals surface area contributed by atoms with Crippen molar-refractivity contribution in [3.63, 3.8) is 0 Å². The molecule has 0 saturated heterocycles. The molecule has 2 aromatic carbocycles. The molecule has 32 heavy (non-hydrogen) atoms. The Labute approximate surface area is 189 Å². The number of carbonyl (C=O) groups excluding carboxylic acids is 2. The van der Waals surface area contributed by atoms with Gasteiger partial charge in [0.2, 0.25) is 0 Å². The summed E-state index contributed by atoms with van der Waals surface area (Å²) < 4.78 is 10.4. The summed E-state index contributed by atoms with van der Waals surface area (Å²) in [6.45, 7) is 1.38. The number of aryl methyl sites for hydroxylation is 1. The molecule has 2 N–H and O–H groups in total. The number of rotatable bonds is 7. The Hall–Kier alpha value is -3.26. The molecule has 172 valence electrons. The first-order valence-corrected chi connectivity index (χ1v) is 10.7. The second-order valence-corrected chi connectivity index (χ2v) is 8.13. The number of carbonyl (C=O) groups is 2. The number of anilines is 2. The summed E-state index contributed by atoms with van der Waals surface area (Å²) in [7, 11) is 9.08. The molecule has 0 fully saturated rings. The van der Waals surface area contributed by atoms with E-state index in [2.05, 4.69) is 40.8 Å². The van der Waals surface area contributed by atoms with Gasteiger partial charge in [0.25, 0.3) is 0 Å². The molecule has 1 heterocycles. The largest absolute Gasteiger partial charge is 0.493 e. The molecule has 1 aliphatic rings. The van der Waals surface area contributed by atoms with E-state index in [1.165, 1.54) is 25.5 Å². The highest BCUT2D eigenvalue weighted by Gasteiger charge is 2.21. The van der Waals surface area contributed by atoms with Crippen molar-refractivity contribution in [3.8, 4) is 11.5 Å². The Bertz CT molecular complexity index is 976. The quantitative estimate of drug-likeness (QED) is 0.644. The van der Waals surface area contributed by atoms with Crippen LogP contribution in [0.4, 0.5) is 11.4 Å². The summed E-state index contributed by atoms with van der Waals surface area (Å²) in [6, 6.07) is 11.3. The van der Waals surface area contributed by atoms with Crippen LogP contribution in [0.1, 0.15) is 23.6 Å². The highest BCUT2D eigenvalue weighted by molar-refractivity contribution is 6.39. The third-order valence-corrected chi connectivity index (χ3v) is 5.77. The molecule has 0 unspecified atom stereocenters. The standard InChI is InChI=1S/C24H32N4O4/c1-27(2)20(17-8-10-19-16(13-17)7-6-12-28(19)3)15-25-23(29)24(30)26-18-9-11-21(31-4)22(14-18)32-5/h8-11,13-14,20H,6-7,12,15H2,1-5H3,(H,25,29)(H,26,30)/t20-/m1/s1. The number of hydrogen-bond acceptors (Lipinski definition) is 6. The van der Waals surface area contributed by atoms with Crippen LogP contribution in [-0.4, -0.2) is 65.2 Å². The molecular weight excluding hydrogens is 408 g/mol. The molecule has 0 radical (unpaired) electrons. The van der Waals surface area contributed by atoms with Crippen molar-refractivity contribution in [1.82, 2.24) is 10.2 Å². The third kappa shape index (κ3) is 5.31. The van der Waals surface area contributed by atoms with Gasteiger partial charge in [0.15, 0.2) is 11.5 Å². The number of likely N-dealkylation sites (N-methyl/N-ethyl adjacent to an activating group) is 1. The van der Waals surface area contributed by atoms with Crippen molar-refractivity contribution in [2.24, 2.45) is 0 Å². The highest BCUT2D eigenvalue weighted by atomic mass is 16.5. The van der Waals surface area contributed by atoms with E-state index >= 15 is 0 Å². The molecule has 8 nitrogen and oxygen atoms in total. The van der Waals surface area contributed by atoms with E-state index in [4.69, 9.17) is 9.47 Å². The first-order chi connectivity index (χ1) is 15.3. The smallest absolute Gasteiger partial charge is 0.313 e. The van der Waals surface area contributed by atoms with Gasteiger partial charge in [-0.05, 0) is 56.3 Å². The Morgan fingerprint density at radius 1 is 1.06 bits per heavy atom. The maximum atomic E-state index is 12.5. The average molecular weight is 441 g/mol. The zero-order valence-corrected chi connectivity index (χ0v) is 19.4. The van der Waals surface area contributed by atoms with Gasteiger partial charge in [0, 0.05) is 37.6 Å². The molecule has 2 amide bonds. The molecule has 3 rings (SSSR count). The van der Waals surface area contributed by atoms with Crippen LogP contribution >= 0.6 is 0 Å². The summed E-state index contributed by atoms with van der Waals surface area (Å²) in [5.41, 5.74) is 4.15. The summed E-state index contributed by atoms with van der Waals surface area (Å²) >= 11 is 0. The highest BCUT2D eigenvalue weighted by Crippen LogP contribution is 2.31. The van der Waals surface area contributed by atoms with Crippen LogP contribution in [0.25, 0.3) is 0 Å². The number of methoxy groups -OCH3 is 2. The van der Waals surface area contributed by atoms with Gasteiger partial charge in [-0.1, -0.05) is 12.1 Å². The van der Waals surface area contributed by atoms with E-state index in [0.29, 0.717) is 23.7 Å². The number of hydrogen-bond donors (Lipinski definition) is 2. The molecule has 1 aliphatic heterocycles. The van der Waals surface area contributed by atoms with Crippen LogP contribution in [0.2, 0.25) is 0 Å². The minimum Gasteiger partial charge on any atom is -0.493 e. The minimum atomic E-state index is -0.734. The summed E-state index contributed by atoms with van der Waals surface area (Å²) in [4.78, 5) is 29.2. The van der Waals surface area contributed by atoms with Gasteiger partial charge in [-0.2, -0.15) is 0 Å². The number of nitrogens with one attached hydrogen (secondary N) is 2. The van der Waals surface area contributed by atoms with E-state index < -0.39 is 11.8 Å². The minimum absolute atomic E-state index is 0.0506. The van der Waals surface area contributed by atoms with Gasteiger partial charge >= 0.3 is 11.8 Å². The van der Waals surface area contributed by atoms with Crippen molar-refractivity contribution >= 4 is 23.2 Å². The molecule has 8 heteroatoms. The van der Waals surface area contributed by atoms with Gasteiger partial charge in [0.1, 0.15) is 0 Å². The van der Waals surface area contributed by atoms with Crippen molar-refractivity contribution in [3.05, 3.63) is 47.5 Å². The summed E-state index contributed by atoms with van der Waals surface area (Å²) in [5.74, 6) is -0.414. The van der Waals surface area contributed by atoms with E-state index in [1.807, 2.05) is 19.0 Å². The lowest BCUT2D eigenvalue weighted by atomic mass is 9.96. The predicted octanol–water partition coefficient (Wildman–Crippen LogP) is 2.44. The fourth-order valence-electron chi connectivity index (χ4n) is 3.98. The van der Waals surface area contributed by atoms with Gasteiger partial charge in [-0.15, -0.1) is 0 Å². The van der Waals surface area contributed by atoms with Crippen LogP contribution in [-0.2, 0) is 16.0 Å². The second-order valence-electron chi connectivity index (χ2n) is 8.13. The van der Waals surface area contributed by atoms with Crippen molar-refractivity contribution < 1.29 is 19.1 Å². The number of ether oxygens (including phenoxy) is 2. The molecule has 0 aromatic heterocycles. The zero-order valence-electron chi connectivity index (χ0n) is 19.4. The van der Waals surface area contributed by atoms with Crippen LogP contribution in [0, 0.1) is 0 Å². The van der Waals surface area contributed by atoms with E-state index in [1.54, 1.807) is 18.2 Å². The van der Waals surface area contributed by atoms with Gasteiger partial charge in [-0.25, -0.2) is 0 Å². The zero-order chi connectivity index (χ0) is 23.3. The SMILES string of the molecule is COc1ccc(NC(=O)C(=O)NC[C@H](c2ccc3c(c2)CCCN3C)N(C)C)cc1OC. The summed E-state index contributed by atoms with van der Waals surface area (Å²) in [5, 5.41) is 5.36. The fraction of sp³-hybridized carbons (Fsp3) is 0.417. The molecule has 1 atom stereocenters. The van der Waals surface area contributed by atoms with E-state index in [-0.39, 0.29) is 6.04 Å². The topological polar surface area (TPSA) is 83.1 Å². The first-order valence-electron chi connectivity index (χ1n) is 10.7. The van der Waals surface area contributed by atoms with Crippen LogP contribution in [0.3, 0.4) is 0 Å². The van der Waals surface area contributed by atoms with Crippen LogP contribution in [0.5, 0.6) is 11.5 Å². The maximum absolute atomic E-state index is 12.5. The molecule has 0 bridgehead atoms. The number of amides is 2. The molecule has 0 aliphatic carbocycles. The molecule has 0 spiro atoms. The van der Waals surface area contributed by atoms with Gasteiger partial charge in [0.05, 0.1) is 20.3 Å². The second kappa shape index (κ2) is 10.4. The monoisotopic (exact) mass is 440 g/mol. The van der Waals surface area contributed by atoms with Crippen LogP contribution < -0.4 is 25.0 Å². The third-order valence-electron chi connectivity index (χ3n) is 5.77. The normalized spacial score (nSPS) is 13.9. The lowest BCUT2D eigenvalue weighted by molar-refractivity contribution is -0.136. The average Bonchev–Trinajstić information content (AvgIpc) is 2.78. The Kier molecular flexibility index (Phi) is 7.58. The number of benzene rings is 2.